The molecule has 1 aromatic heterocycles. The summed E-state index contributed by atoms with van der Waals surface area (Å²) in [7, 11) is 0. The number of hydrogen-bond acceptors (Lipinski definition) is 2. The van der Waals surface area contributed by atoms with Crippen LogP contribution in [0.25, 0.3) is 27.7 Å². The van der Waals surface area contributed by atoms with E-state index in [4.69, 9.17) is 5.10 Å². The van der Waals surface area contributed by atoms with Crippen molar-refractivity contribution in [3.63, 3.8) is 0 Å². The first-order valence-electron chi connectivity index (χ1n) is 10.1. The largest absolute Gasteiger partial charge is 0.370 e. The molecule has 1 N–H and O–H groups in total. The third kappa shape index (κ3) is 2.88. The maximum Gasteiger partial charge on any atom is 0.133 e. The SMILES string of the molecule is Cc1ccc(-n2nc(-c3ccc4ccccc4c3)c3c2NCCCC3)c(C)c1. The van der Waals surface area contributed by atoms with Crippen molar-refractivity contribution in [2.24, 2.45) is 0 Å². The number of rotatable bonds is 2. The summed E-state index contributed by atoms with van der Waals surface area (Å²) >= 11 is 0. The molecule has 0 radical (unpaired) electrons. The van der Waals surface area contributed by atoms with Crippen molar-refractivity contribution in [3.8, 4) is 16.9 Å². The summed E-state index contributed by atoms with van der Waals surface area (Å²) in [6, 6.07) is 21.8. The number of aryl methyl sites for hydroxylation is 2. The fourth-order valence-electron chi connectivity index (χ4n) is 4.29. The van der Waals surface area contributed by atoms with Gasteiger partial charge in [0.25, 0.3) is 0 Å². The van der Waals surface area contributed by atoms with Crippen molar-refractivity contribution in [1.29, 1.82) is 0 Å². The lowest BCUT2D eigenvalue weighted by atomic mass is 10.0. The molecule has 5 rings (SSSR count). The molecule has 2 heterocycles. The first-order valence-corrected chi connectivity index (χ1v) is 10.1. The van der Waals surface area contributed by atoms with Crippen LogP contribution in [0.4, 0.5) is 5.82 Å². The maximum atomic E-state index is 5.13. The lowest BCUT2D eigenvalue weighted by molar-refractivity contribution is 0.779. The minimum absolute atomic E-state index is 1.00. The van der Waals surface area contributed by atoms with E-state index >= 15 is 0 Å². The van der Waals surface area contributed by atoms with E-state index in [0.717, 1.165) is 30.2 Å². The Morgan fingerprint density at radius 3 is 2.61 bits per heavy atom. The molecule has 0 fully saturated rings. The van der Waals surface area contributed by atoms with E-state index in [2.05, 4.69) is 84.5 Å². The topological polar surface area (TPSA) is 29.9 Å². The normalized spacial score (nSPS) is 13.8. The van der Waals surface area contributed by atoms with Gasteiger partial charge in [-0.3, -0.25) is 0 Å². The first-order chi connectivity index (χ1) is 13.7. The average Bonchev–Trinajstić information content (AvgIpc) is 2.89. The molecule has 1 aliphatic rings. The van der Waals surface area contributed by atoms with E-state index in [1.54, 1.807) is 0 Å². The minimum Gasteiger partial charge on any atom is -0.370 e. The second-order valence-corrected chi connectivity index (χ2v) is 7.82. The quantitative estimate of drug-likeness (QED) is 0.467. The molecule has 0 spiro atoms. The number of benzene rings is 3. The van der Waals surface area contributed by atoms with E-state index in [1.807, 2.05) is 0 Å². The van der Waals surface area contributed by atoms with Crippen LogP contribution in [0, 0.1) is 13.8 Å². The fraction of sp³-hybridized carbons (Fsp3) is 0.240. The second kappa shape index (κ2) is 6.83. The van der Waals surface area contributed by atoms with Gasteiger partial charge in [0.1, 0.15) is 5.82 Å². The van der Waals surface area contributed by atoms with Crippen LogP contribution in [-0.2, 0) is 6.42 Å². The molecule has 0 amide bonds. The Labute approximate surface area is 166 Å². The molecule has 0 bridgehead atoms. The molecule has 3 aromatic carbocycles. The Morgan fingerprint density at radius 1 is 0.893 bits per heavy atom. The van der Waals surface area contributed by atoms with E-state index in [0.29, 0.717) is 0 Å². The van der Waals surface area contributed by atoms with Gasteiger partial charge in [0.05, 0.1) is 11.4 Å². The molecular formula is C25H25N3. The molecule has 3 heteroatoms. The molecule has 0 atom stereocenters. The number of hydrogen-bond donors (Lipinski definition) is 1. The molecule has 0 unspecified atom stereocenters. The summed E-state index contributed by atoms with van der Waals surface area (Å²) in [6.07, 6.45) is 3.45. The Hall–Kier alpha value is -3.07. The fourth-order valence-corrected chi connectivity index (χ4v) is 4.29. The third-order valence-corrected chi connectivity index (χ3v) is 5.73. The van der Waals surface area contributed by atoms with Crippen LogP contribution >= 0.6 is 0 Å². The second-order valence-electron chi connectivity index (χ2n) is 7.82. The lowest BCUT2D eigenvalue weighted by Crippen LogP contribution is -2.08. The zero-order valence-corrected chi connectivity index (χ0v) is 16.5. The summed E-state index contributed by atoms with van der Waals surface area (Å²) in [5, 5.41) is 11.3. The zero-order chi connectivity index (χ0) is 19.1. The molecule has 3 nitrogen and oxygen atoms in total. The molecule has 0 aliphatic carbocycles. The Balaban J connectivity index is 1.72. The van der Waals surface area contributed by atoms with Gasteiger partial charge in [-0.15, -0.1) is 0 Å². The average molecular weight is 367 g/mol. The Bertz CT molecular complexity index is 1170. The smallest absolute Gasteiger partial charge is 0.133 e. The Kier molecular flexibility index (Phi) is 4.16. The summed E-state index contributed by atoms with van der Waals surface area (Å²) in [6.45, 7) is 5.31. The van der Waals surface area contributed by atoms with Crippen LogP contribution in [-0.4, -0.2) is 16.3 Å². The number of anilines is 1. The van der Waals surface area contributed by atoms with Gasteiger partial charge in [-0.05, 0) is 61.6 Å². The van der Waals surface area contributed by atoms with Crippen LogP contribution in [0.15, 0.2) is 60.7 Å². The maximum absolute atomic E-state index is 5.13. The van der Waals surface area contributed by atoms with Crippen LogP contribution in [0.2, 0.25) is 0 Å². The van der Waals surface area contributed by atoms with E-state index < -0.39 is 0 Å². The highest BCUT2D eigenvalue weighted by Crippen LogP contribution is 2.35. The van der Waals surface area contributed by atoms with Gasteiger partial charge >= 0.3 is 0 Å². The highest BCUT2D eigenvalue weighted by atomic mass is 15.3. The van der Waals surface area contributed by atoms with E-state index in [9.17, 15) is 0 Å². The predicted octanol–water partition coefficient (Wildman–Crippen LogP) is 6.06. The van der Waals surface area contributed by atoms with Crippen LogP contribution < -0.4 is 5.32 Å². The van der Waals surface area contributed by atoms with Crippen LogP contribution in [0.1, 0.15) is 29.5 Å². The van der Waals surface area contributed by atoms with Crippen LogP contribution in [0.3, 0.4) is 0 Å². The monoisotopic (exact) mass is 367 g/mol. The lowest BCUT2D eigenvalue weighted by Gasteiger charge is -2.12. The highest BCUT2D eigenvalue weighted by molar-refractivity contribution is 5.87. The van der Waals surface area contributed by atoms with Gasteiger partial charge in [-0.2, -0.15) is 5.10 Å². The summed E-state index contributed by atoms with van der Waals surface area (Å²) in [5.41, 5.74) is 7.33. The first kappa shape index (κ1) is 17.1. The number of fused-ring (bicyclic) bond motifs is 2. The molecule has 140 valence electrons. The Morgan fingerprint density at radius 2 is 1.75 bits per heavy atom. The summed E-state index contributed by atoms with van der Waals surface area (Å²) in [5.74, 6) is 1.16. The zero-order valence-electron chi connectivity index (χ0n) is 16.5. The van der Waals surface area contributed by atoms with Crippen molar-refractivity contribution in [2.45, 2.75) is 33.1 Å². The standard InChI is InChI=1S/C25H25N3/c1-17-10-13-23(18(2)15-17)28-25-22(9-5-6-14-26-25)24(27-28)21-12-11-19-7-3-4-8-20(19)16-21/h3-4,7-8,10-13,15-16,26H,5-6,9,14H2,1-2H3. The van der Waals surface area contributed by atoms with Gasteiger partial charge < -0.3 is 5.32 Å². The number of nitrogens with zero attached hydrogens (tertiary/aromatic N) is 2. The molecule has 0 saturated heterocycles. The molecular weight excluding hydrogens is 342 g/mol. The van der Waals surface area contributed by atoms with Crippen molar-refractivity contribution in [2.75, 3.05) is 11.9 Å². The van der Waals surface area contributed by atoms with Crippen molar-refractivity contribution in [1.82, 2.24) is 9.78 Å². The highest BCUT2D eigenvalue weighted by Gasteiger charge is 2.22. The van der Waals surface area contributed by atoms with Gasteiger partial charge in [0.15, 0.2) is 0 Å². The van der Waals surface area contributed by atoms with Crippen molar-refractivity contribution < 1.29 is 0 Å². The van der Waals surface area contributed by atoms with E-state index in [1.165, 1.54) is 45.9 Å². The molecule has 0 saturated carbocycles. The summed E-state index contributed by atoms with van der Waals surface area (Å²) in [4.78, 5) is 0. The minimum atomic E-state index is 1.00. The van der Waals surface area contributed by atoms with Gasteiger partial charge in [-0.1, -0.05) is 54.1 Å². The van der Waals surface area contributed by atoms with Crippen molar-refractivity contribution >= 4 is 16.6 Å². The van der Waals surface area contributed by atoms with Gasteiger partial charge in [0, 0.05) is 17.7 Å². The molecule has 1 aliphatic heterocycles. The summed E-state index contributed by atoms with van der Waals surface area (Å²) < 4.78 is 2.12. The molecule has 4 aromatic rings. The van der Waals surface area contributed by atoms with Gasteiger partial charge in [0.2, 0.25) is 0 Å². The number of aromatic nitrogens is 2. The molecule has 28 heavy (non-hydrogen) atoms. The van der Waals surface area contributed by atoms with E-state index in [-0.39, 0.29) is 0 Å². The van der Waals surface area contributed by atoms with Crippen LogP contribution in [0.5, 0.6) is 0 Å². The van der Waals surface area contributed by atoms with Gasteiger partial charge in [-0.25, -0.2) is 4.68 Å². The van der Waals surface area contributed by atoms with Crippen molar-refractivity contribution in [3.05, 3.63) is 77.4 Å². The third-order valence-electron chi connectivity index (χ3n) is 5.73. The number of nitrogens with one attached hydrogen (secondary N) is 1. The predicted molar refractivity (Wildman–Crippen MR) is 117 cm³/mol.